The summed E-state index contributed by atoms with van der Waals surface area (Å²) in [5.41, 5.74) is 0. The smallest absolute Gasteiger partial charge is 0.318 e. The van der Waals surface area contributed by atoms with E-state index in [0.29, 0.717) is 6.54 Å². The van der Waals surface area contributed by atoms with Gasteiger partial charge in [-0.1, -0.05) is 12.8 Å². The van der Waals surface area contributed by atoms with Crippen LogP contribution in [0.4, 0.5) is 4.79 Å². The number of furan rings is 1. The van der Waals surface area contributed by atoms with Gasteiger partial charge in [-0.3, -0.25) is 0 Å². The molecule has 2 aromatic rings. The number of aromatic nitrogens is 2. The van der Waals surface area contributed by atoms with Crippen LogP contribution in [0.5, 0.6) is 0 Å². The molecule has 0 unspecified atom stereocenters. The number of carbonyl (C=O) groups excluding carboxylic acids is 1. The van der Waals surface area contributed by atoms with Gasteiger partial charge in [-0.25, -0.2) is 9.78 Å². The highest BCUT2D eigenvalue weighted by Crippen LogP contribution is 2.31. The Bertz CT molecular complexity index is 635. The molecule has 1 saturated heterocycles. The largest absolute Gasteiger partial charge is 0.464 e. The highest BCUT2D eigenvalue weighted by Gasteiger charge is 2.28. The summed E-state index contributed by atoms with van der Waals surface area (Å²) in [6.45, 7) is 4.26. The van der Waals surface area contributed by atoms with Gasteiger partial charge in [0.05, 0.1) is 12.4 Å². The lowest BCUT2D eigenvalue weighted by atomic mass is 10.1. The van der Waals surface area contributed by atoms with Crippen molar-refractivity contribution in [2.24, 2.45) is 0 Å². The van der Waals surface area contributed by atoms with E-state index in [1.54, 1.807) is 12.5 Å². The van der Waals surface area contributed by atoms with Gasteiger partial charge in [0.25, 0.3) is 0 Å². The molecule has 0 aliphatic carbocycles. The Morgan fingerprint density at radius 1 is 1.38 bits per heavy atom. The molecule has 2 aromatic heterocycles. The second-order valence-corrected chi connectivity index (χ2v) is 6.39. The molecule has 0 bridgehead atoms. The summed E-state index contributed by atoms with van der Waals surface area (Å²) in [5.74, 6) is 1.80. The predicted octanol–water partition coefficient (Wildman–Crippen LogP) is 3.50. The van der Waals surface area contributed by atoms with Crippen molar-refractivity contribution in [3.63, 3.8) is 0 Å². The molecule has 1 atom stereocenters. The van der Waals surface area contributed by atoms with Crippen LogP contribution >= 0.6 is 0 Å². The summed E-state index contributed by atoms with van der Waals surface area (Å²) in [5, 5.41) is 3.06. The maximum absolute atomic E-state index is 12.7. The van der Waals surface area contributed by atoms with Crippen LogP contribution in [0.15, 0.2) is 35.3 Å². The molecule has 6 heteroatoms. The van der Waals surface area contributed by atoms with Gasteiger partial charge in [-0.15, -0.1) is 0 Å². The minimum atomic E-state index is 0.0154. The number of aryl methyl sites for hydroxylation is 2. The van der Waals surface area contributed by atoms with E-state index in [9.17, 15) is 4.79 Å². The Balaban J connectivity index is 1.55. The van der Waals surface area contributed by atoms with Crippen molar-refractivity contribution in [2.75, 3.05) is 13.1 Å². The van der Waals surface area contributed by atoms with Crippen molar-refractivity contribution >= 4 is 6.03 Å². The quantitative estimate of drug-likeness (QED) is 0.853. The van der Waals surface area contributed by atoms with E-state index < -0.39 is 0 Å². The maximum atomic E-state index is 12.7. The number of rotatable bonds is 5. The molecule has 0 saturated carbocycles. The topological polar surface area (TPSA) is 63.3 Å². The van der Waals surface area contributed by atoms with Gasteiger partial charge in [0, 0.05) is 32.0 Å². The van der Waals surface area contributed by atoms with Crippen LogP contribution in [-0.4, -0.2) is 33.6 Å². The molecule has 0 spiro atoms. The molecule has 130 valence electrons. The van der Waals surface area contributed by atoms with Crippen molar-refractivity contribution in [1.82, 2.24) is 19.8 Å². The van der Waals surface area contributed by atoms with E-state index in [1.807, 2.05) is 34.7 Å². The SMILES string of the molecule is Cc1ccc([C@@H]2CCCCCN2C(=O)NCCCn2ccnc2)o1. The van der Waals surface area contributed by atoms with Crippen molar-refractivity contribution in [3.05, 3.63) is 42.4 Å². The molecule has 3 heterocycles. The van der Waals surface area contributed by atoms with Gasteiger partial charge in [-0.2, -0.15) is 0 Å². The highest BCUT2D eigenvalue weighted by molar-refractivity contribution is 5.74. The standard InChI is InChI=1S/C18H26N4O2/c1-15-7-8-17(24-15)16-6-3-2-4-12-22(16)18(23)20-9-5-11-21-13-10-19-14-21/h7-8,10,13-14,16H,2-6,9,11-12H2,1H3,(H,20,23)/t16-/m0/s1. The summed E-state index contributed by atoms with van der Waals surface area (Å²) in [6, 6.07) is 4.04. The third-order valence-electron chi connectivity index (χ3n) is 4.53. The van der Waals surface area contributed by atoms with Gasteiger partial charge < -0.3 is 19.2 Å². The minimum Gasteiger partial charge on any atom is -0.464 e. The second-order valence-electron chi connectivity index (χ2n) is 6.39. The van der Waals surface area contributed by atoms with E-state index in [4.69, 9.17) is 4.42 Å². The minimum absolute atomic E-state index is 0.0154. The van der Waals surface area contributed by atoms with E-state index in [-0.39, 0.29) is 12.1 Å². The summed E-state index contributed by atoms with van der Waals surface area (Å²) in [7, 11) is 0. The fourth-order valence-electron chi connectivity index (χ4n) is 3.26. The number of nitrogens with one attached hydrogen (secondary N) is 1. The van der Waals surface area contributed by atoms with E-state index >= 15 is 0 Å². The van der Waals surface area contributed by atoms with Crippen LogP contribution in [-0.2, 0) is 6.54 Å². The lowest BCUT2D eigenvalue weighted by Gasteiger charge is -2.28. The third kappa shape index (κ3) is 4.19. The van der Waals surface area contributed by atoms with Crippen molar-refractivity contribution in [3.8, 4) is 0 Å². The first-order valence-electron chi connectivity index (χ1n) is 8.80. The predicted molar refractivity (Wildman–Crippen MR) is 91.6 cm³/mol. The molecule has 3 rings (SSSR count). The van der Waals surface area contributed by atoms with Gasteiger partial charge in [0.2, 0.25) is 0 Å². The van der Waals surface area contributed by atoms with Crippen LogP contribution in [0.3, 0.4) is 0 Å². The first kappa shape index (κ1) is 16.6. The molecular formula is C18H26N4O2. The maximum Gasteiger partial charge on any atom is 0.318 e. The molecule has 1 aliphatic heterocycles. The van der Waals surface area contributed by atoms with Crippen LogP contribution in [0.1, 0.15) is 49.7 Å². The second kappa shape index (κ2) is 8.04. The average Bonchev–Trinajstić information content (AvgIpc) is 3.18. The molecular weight excluding hydrogens is 304 g/mol. The molecule has 2 amide bonds. The zero-order valence-corrected chi connectivity index (χ0v) is 14.3. The summed E-state index contributed by atoms with van der Waals surface area (Å²) < 4.78 is 7.82. The number of carbonyl (C=O) groups is 1. The average molecular weight is 330 g/mol. The fraction of sp³-hybridized carbons (Fsp3) is 0.556. The lowest BCUT2D eigenvalue weighted by molar-refractivity contribution is 0.165. The monoisotopic (exact) mass is 330 g/mol. The number of imidazole rings is 1. The first-order valence-corrected chi connectivity index (χ1v) is 8.80. The van der Waals surface area contributed by atoms with E-state index in [2.05, 4.69) is 10.3 Å². The van der Waals surface area contributed by atoms with Crippen molar-refractivity contribution < 1.29 is 9.21 Å². The molecule has 1 N–H and O–H groups in total. The number of hydrogen-bond acceptors (Lipinski definition) is 3. The molecule has 1 aliphatic rings. The van der Waals surface area contributed by atoms with Gasteiger partial charge in [-0.05, 0) is 38.3 Å². The molecule has 24 heavy (non-hydrogen) atoms. The Morgan fingerprint density at radius 2 is 2.29 bits per heavy atom. The zero-order valence-electron chi connectivity index (χ0n) is 14.3. The summed E-state index contributed by atoms with van der Waals surface area (Å²) in [4.78, 5) is 18.6. The molecule has 6 nitrogen and oxygen atoms in total. The first-order chi connectivity index (χ1) is 11.7. The Hall–Kier alpha value is -2.24. The van der Waals surface area contributed by atoms with Crippen LogP contribution in [0.25, 0.3) is 0 Å². The fourth-order valence-corrected chi connectivity index (χ4v) is 3.26. The van der Waals surface area contributed by atoms with Crippen LogP contribution in [0.2, 0.25) is 0 Å². The summed E-state index contributed by atoms with van der Waals surface area (Å²) >= 11 is 0. The summed E-state index contributed by atoms with van der Waals surface area (Å²) in [6.07, 6.45) is 10.7. The Kier molecular flexibility index (Phi) is 5.56. The van der Waals surface area contributed by atoms with Gasteiger partial charge in [0.1, 0.15) is 11.5 Å². The van der Waals surface area contributed by atoms with E-state index in [1.165, 1.54) is 6.42 Å². The van der Waals surface area contributed by atoms with Crippen LogP contribution in [0, 0.1) is 6.92 Å². The Morgan fingerprint density at radius 3 is 3.04 bits per heavy atom. The van der Waals surface area contributed by atoms with E-state index in [0.717, 1.165) is 50.3 Å². The lowest BCUT2D eigenvalue weighted by Crippen LogP contribution is -2.42. The number of amides is 2. The van der Waals surface area contributed by atoms with Crippen molar-refractivity contribution in [1.29, 1.82) is 0 Å². The molecule has 0 radical (unpaired) electrons. The third-order valence-corrected chi connectivity index (χ3v) is 4.53. The number of likely N-dealkylation sites (tertiary alicyclic amines) is 1. The number of urea groups is 1. The van der Waals surface area contributed by atoms with Crippen molar-refractivity contribution in [2.45, 2.75) is 51.6 Å². The normalized spacial score (nSPS) is 18.4. The molecule has 0 aromatic carbocycles. The van der Waals surface area contributed by atoms with Gasteiger partial charge in [0.15, 0.2) is 0 Å². The van der Waals surface area contributed by atoms with Crippen LogP contribution < -0.4 is 5.32 Å². The molecule has 1 fully saturated rings. The zero-order chi connectivity index (χ0) is 16.8. The highest BCUT2D eigenvalue weighted by atomic mass is 16.3. The number of nitrogens with zero attached hydrogens (tertiary/aromatic N) is 3. The Labute approximate surface area is 142 Å². The van der Waals surface area contributed by atoms with Gasteiger partial charge >= 0.3 is 6.03 Å². The number of hydrogen-bond donors (Lipinski definition) is 1.